The van der Waals surface area contributed by atoms with Crippen molar-refractivity contribution in [3.05, 3.63) is 69.8 Å². The molecule has 2 amide bonds. The van der Waals surface area contributed by atoms with Crippen LogP contribution in [0.25, 0.3) is 0 Å². The summed E-state index contributed by atoms with van der Waals surface area (Å²) in [4.78, 5) is 25.9. The normalized spacial score (nSPS) is 14.7. The molecule has 116 valence electrons. The third kappa shape index (κ3) is 2.96. The fourth-order valence-corrected chi connectivity index (χ4v) is 2.64. The van der Waals surface area contributed by atoms with Crippen molar-refractivity contribution in [2.75, 3.05) is 10.2 Å². The number of nitrogens with one attached hydrogen (secondary N) is 1. The Hall–Kier alpha value is -2.30. The number of amides is 2. The van der Waals surface area contributed by atoms with Crippen LogP contribution in [0.5, 0.6) is 0 Å². The first-order chi connectivity index (χ1) is 11.0. The molecule has 0 aliphatic carbocycles. The first-order valence-electron chi connectivity index (χ1n) is 6.85. The molecule has 0 bridgehead atoms. The number of nitrogens with zero attached hydrogens (tertiary/aromatic N) is 1. The zero-order valence-electron chi connectivity index (χ0n) is 12.1. The molecule has 2 aromatic carbocycles. The zero-order valence-corrected chi connectivity index (χ0v) is 13.7. The molecule has 2 aromatic rings. The summed E-state index contributed by atoms with van der Waals surface area (Å²) < 4.78 is 0. The molecule has 1 aliphatic heterocycles. The number of imide groups is 1. The van der Waals surface area contributed by atoms with Gasteiger partial charge in [0.25, 0.3) is 11.8 Å². The Labute approximate surface area is 143 Å². The molecule has 0 spiro atoms. The lowest BCUT2D eigenvalue weighted by Crippen LogP contribution is -2.32. The SMILES string of the molecule is Cc1cccc(NC2=C(Cl)C(=O)N(c3ccc(Cl)cc3)C2=O)c1. The molecule has 23 heavy (non-hydrogen) atoms. The lowest BCUT2D eigenvalue weighted by atomic mass is 10.2. The lowest BCUT2D eigenvalue weighted by Gasteiger charge is -2.15. The third-order valence-electron chi connectivity index (χ3n) is 3.40. The summed E-state index contributed by atoms with van der Waals surface area (Å²) >= 11 is 11.9. The predicted octanol–water partition coefficient (Wildman–Crippen LogP) is 4.08. The average Bonchev–Trinajstić information content (AvgIpc) is 2.73. The van der Waals surface area contributed by atoms with E-state index in [0.717, 1.165) is 10.5 Å². The minimum absolute atomic E-state index is 0.0669. The number of anilines is 2. The van der Waals surface area contributed by atoms with E-state index in [9.17, 15) is 9.59 Å². The number of hydrogen-bond donors (Lipinski definition) is 1. The van der Waals surface area contributed by atoms with Crippen LogP contribution in [0.4, 0.5) is 11.4 Å². The molecule has 3 rings (SSSR count). The van der Waals surface area contributed by atoms with Crippen LogP contribution >= 0.6 is 23.2 Å². The van der Waals surface area contributed by atoms with E-state index in [1.165, 1.54) is 0 Å². The Bertz CT molecular complexity index is 829. The van der Waals surface area contributed by atoms with Crippen molar-refractivity contribution in [2.45, 2.75) is 6.92 Å². The van der Waals surface area contributed by atoms with Gasteiger partial charge in [-0.2, -0.15) is 0 Å². The first-order valence-corrected chi connectivity index (χ1v) is 7.61. The fourth-order valence-electron chi connectivity index (χ4n) is 2.30. The largest absolute Gasteiger partial charge is 0.350 e. The Balaban J connectivity index is 1.91. The van der Waals surface area contributed by atoms with Crippen LogP contribution in [-0.4, -0.2) is 11.8 Å². The number of carbonyl (C=O) groups excluding carboxylic acids is 2. The quantitative estimate of drug-likeness (QED) is 0.851. The molecule has 4 nitrogen and oxygen atoms in total. The Morgan fingerprint density at radius 3 is 2.30 bits per heavy atom. The fraction of sp³-hybridized carbons (Fsp3) is 0.0588. The number of rotatable bonds is 3. The number of halogens is 2. The molecular formula is C17H12Cl2N2O2. The summed E-state index contributed by atoms with van der Waals surface area (Å²) in [6.07, 6.45) is 0. The molecule has 0 saturated carbocycles. The van der Waals surface area contributed by atoms with Gasteiger partial charge in [-0.3, -0.25) is 9.59 Å². The van der Waals surface area contributed by atoms with Gasteiger partial charge in [-0.1, -0.05) is 35.3 Å². The molecule has 0 saturated heterocycles. The van der Waals surface area contributed by atoms with E-state index in [-0.39, 0.29) is 10.7 Å². The van der Waals surface area contributed by atoms with E-state index in [4.69, 9.17) is 23.2 Å². The summed E-state index contributed by atoms with van der Waals surface area (Å²) in [5.74, 6) is -1.06. The van der Waals surface area contributed by atoms with E-state index < -0.39 is 11.8 Å². The Kier molecular flexibility index (Phi) is 4.11. The van der Waals surface area contributed by atoms with Gasteiger partial charge in [0, 0.05) is 10.7 Å². The molecule has 0 unspecified atom stereocenters. The highest BCUT2D eigenvalue weighted by atomic mass is 35.5. The maximum atomic E-state index is 12.6. The number of aryl methyl sites for hydroxylation is 1. The van der Waals surface area contributed by atoms with Gasteiger partial charge >= 0.3 is 0 Å². The van der Waals surface area contributed by atoms with E-state index in [1.54, 1.807) is 30.3 Å². The van der Waals surface area contributed by atoms with Crippen LogP contribution in [0.15, 0.2) is 59.3 Å². The predicted molar refractivity (Wildman–Crippen MR) is 91.6 cm³/mol. The average molecular weight is 347 g/mol. The lowest BCUT2D eigenvalue weighted by molar-refractivity contribution is -0.120. The van der Waals surface area contributed by atoms with Gasteiger partial charge in [0.05, 0.1) is 5.69 Å². The van der Waals surface area contributed by atoms with Gasteiger partial charge in [0.1, 0.15) is 10.7 Å². The van der Waals surface area contributed by atoms with Crippen molar-refractivity contribution < 1.29 is 9.59 Å². The molecule has 0 atom stereocenters. The molecule has 0 radical (unpaired) electrons. The van der Waals surface area contributed by atoms with Gasteiger partial charge in [-0.15, -0.1) is 0 Å². The molecule has 1 heterocycles. The second kappa shape index (κ2) is 6.07. The molecule has 1 aliphatic rings. The maximum Gasteiger partial charge on any atom is 0.283 e. The third-order valence-corrected chi connectivity index (χ3v) is 4.00. The summed E-state index contributed by atoms with van der Waals surface area (Å²) in [5, 5.41) is 3.32. The van der Waals surface area contributed by atoms with E-state index >= 15 is 0 Å². The van der Waals surface area contributed by atoms with Gasteiger partial charge in [0.2, 0.25) is 0 Å². The van der Waals surface area contributed by atoms with Crippen molar-refractivity contribution in [1.29, 1.82) is 0 Å². The van der Waals surface area contributed by atoms with Crippen LogP contribution in [0.1, 0.15) is 5.56 Å². The molecule has 6 heteroatoms. The Morgan fingerprint density at radius 1 is 0.957 bits per heavy atom. The highest BCUT2D eigenvalue weighted by Crippen LogP contribution is 2.30. The highest BCUT2D eigenvalue weighted by Gasteiger charge is 2.38. The van der Waals surface area contributed by atoms with Crippen molar-refractivity contribution in [2.24, 2.45) is 0 Å². The topological polar surface area (TPSA) is 49.4 Å². The summed E-state index contributed by atoms with van der Waals surface area (Å²) in [5.41, 5.74) is 2.20. The van der Waals surface area contributed by atoms with Crippen molar-refractivity contribution in [1.82, 2.24) is 0 Å². The van der Waals surface area contributed by atoms with Crippen LogP contribution in [0, 0.1) is 6.92 Å². The monoisotopic (exact) mass is 346 g/mol. The van der Waals surface area contributed by atoms with Crippen LogP contribution in [-0.2, 0) is 9.59 Å². The second-order valence-electron chi connectivity index (χ2n) is 5.11. The van der Waals surface area contributed by atoms with Gasteiger partial charge in [0.15, 0.2) is 0 Å². The number of hydrogen-bond acceptors (Lipinski definition) is 3. The van der Waals surface area contributed by atoms with Gasteiger partial charge < -0.3 is 5.32 Å². The van der Waals surface area contributed by atoms with E-state index in [0.29, 0.717) is 16.4 Å². The smallest absolute Gasteiger partial charge is 0.283 e. The summed E-state index contributed by atoms with van der Waals surface area (Å²) in [6.45, 7) is 1.93. The number of benzene rings is 2. The second-order valence-corrected chi connectivity index (χ2v) is 5.92. The van der Waals surface area contributed by atoms with Gasteiger partial charge in [-0.05, 0) is 48.9 Å². The summed E-state index contributed by atoms with van der Waals surface area (Å²) in [6, 6.07) is 13.9. The highest BCUT2D eigenvalue weighted by molar-refractivity contribution is 6.53. The van der Waals surface area contributed by atoms with Crippen LogP contribution in [0.2, 0.25) is 5.02 Å². The standard InChI is InChI=1S/C17H12Cl2N2O2/c1-10-3-2-4-12(9-10)20-15-14(19)16(22)21(17(15)23)13-7-5-11(18)6-8-13/h2-9,20H,1H3. The Morgan fingerprint density at radius 2 is 1.65 bits per heavy atom. The van der Waals surface area contributed by atoms with Crippen LogP contribution < -0.4 is 10.2 Å². The van der Waals surface area contributed by atoms with Crippen LogP contribution in [0.3, 0.4) is 0 Å². The minimum atomic E-state index is -0.561. The van der Waals surface area contributed by atoms with E-state index in [1.807, 2.05) is 25.1 Å². The first kappa shape index (κ1) is 15.6. The van der Waals surface area contributed by atoms with Crippen molar-refractivity contribution in [3.63, 3.8) is 0 Å². The van der Waals surface area contributed by atoms with Gasteiger partial charge in [-0.25, -0.2) is 4.90 Å². The molecule has 1 N–H and O–H groups in total. The minimum Gasteiger partial charge on any atom is -0.350 e. The molecule has 0 aromatic heterocycles. The van der Waals surface area contributed by atoms with Crippen molar-refractivity contribution >= 4 is 46.4 Å². The number of carbonyl (C=O) groups is 2. The molecule has 0 fully saturated rings. The summed E-state index contributed by atoms with van der Waals surface area (Å²) in [7, 11) is 0. The maximum absolute atomic E-state index is 12.6. The zero-order chi connectivity index (χ0) is 16.6. The van der Waals surface area contributed by atoms with Crippen molar-refractivity contribution in [3.8, 4) is 0 Å². The molecular weight excluding hydrogens is 335 g/mol. The van der Waals surface area contributed by atoms with E-state index in [2.05, 4.69) is 5.32 Å².